The van der Waals surface area contributed by atoms with Crippen LogP contribution in [0.4, 0.5) is 4.79 Å². The molecule has 0 spiro atoms. The average molecular weight is 222 g/mol. The Morgan fingerprint density at radius 3 is 2.81 bits per heavy atom. The molecular weight excluding hydrogens is 212 g/mol. The first kappa shape index (κ1) is 11.7. The van der Waals surface area contributed by atoms with E-state index in [1.807, 2.05) is 0 Å². The van der Waals surface area contributed by atoms with Crippen LogP contribution in [-0.2, 0) is 0 Å². The summed E-state index contributed by atoms with van der Waals surface area (Å²) in [5.74, 6) is 0.264. The Morgan fingerprint density at radius 2 is 2.19 bits per heavy atom. The fraction of sp³-hybridized carbons (Fsp3) is 0.100. The zero-order valence-corrected chi connectivity index (χ0v) is 8.54. The molecule has 0 aromatic heterocycles. The second-order valence-corrected chi connectivity index (χ2v) is 2.78. The minimum absolute atomic E-state index is 0.264. The summed E-state index contributed by atoms with van der Waals surface area (Å²) in [6.07, 6.45) is 1.42. The lowest BCUT2D eigenvalue weighted by Gasteiger charge is -2.05. The van der Waals surface area contributed by atoms with E-state index in [0.717, 1.165) is 6.20 Å². The van der Waals surface area contributed by atoms with Gasteiger partial charge in [-0.05, 0) is 6.07 Å². The van der Waals surface area contributed by atoms with Crippen molar-refractivity contribution in [1.29, 1.82) is 0 Å². The van der Waals surface area contributed by atoms with Crippen molar-refractivity contribution in [2.45, 2.75) is 0 Å². The quantitative estimate of drug-likeness (QED) is 0.622. The molecule has 1 rings (SSSR count). The molecule has 0 saturated heterocycles. The van der Waals surface area contributed by atoms with Crippen LogP contribution in [0.3, 0.4) is 0 Å². The lowest BCUT2D eigenvalue weighted by molar-refractivity contribution is -0.400. The van der Waals surface area contributed by atoms with Gasteiger partial charge < -0.3 is 10.1 Å². The molecule has 0 unspecified atom stereocenters. The van der Waals surface area contributed by atoms with Crippen molar-refractivity contribution in [3.63, 3.8) is 0 Å². The predicted molar refractivity (Wildman–Crippen MR) is 57.6 cm³/mol. The van der Waals surface area contributed by atoms with E-state index >= 15 is 0 Å². The number of amides is 1. The van der Waals surface area contributed by atoms with E-state index < -0.39 is 11.0 Å². The summed E-state index contributed by atoms with van der Waals surface area (Å²) in [5.41, 5.74) is 0.461. The first-order chi connectivity index (χ1) is 7.63. The zero-order valence-electron chi connectivity index (χ0n) is 8.54. The summed E-state index contributed by atoms with van der Waals surface area (Å²) < 4.78 is 4.90. The van der Waals surface area contributed by atoms with Crippen LogP contribution in [-0.4, -0.2) is 18.1 Å². The van der Waals surface area contributed by atoms with E-state index in [1.54, 1.807) is 24.3 Å². The number of nitrogens with zero attached hydrogens (tertiary/aromatic N) is 1. The maximum Gasteiger partial charge on any atom is 0.412 e. The predicted octanol–water partition coefficient (Wildman–Crippen LogP) is 1.65. The van der Waals surface area contributed by atoms with Gasteiger partial charge >= 0.3 is 6.09 Å². The van der Waals surface area contributed by atoms with E-state index in [2.05, 4.69) is 5.32 Å². The van der Waals surface area contributed by atoms with E-state index in [9.17, 15) is 14.9 Å². The molecule has 1 aromatic rings. The Kier molecular flexibility index (Phi) is 4.02. The third kappa shape index (κ3) is 3.41. The van der Waals surface area contributed by atoms with Crippen LogP contribution in [0.2, 0.25) is 0 Å². The van der Waals surface area contributed by atoms with Crippen LogP contribution in [0.1, 0.15) is 5.56 Å². The summed E-state index contributed by atoms with van der Waals surface area (Å²) >= 11 is 0. The molecule has 6 nitrogen and oxygen atoms in total. The highest BCUT2D eigenvalue weighted by Crippen LogP contribution is 2.19. The number of nitrogens with one attached hydrogen (secondary N) is 1. The van der Waals surface area contributed by atoms with Gasteiger partial charge in [-0.3, -0.25) is 10.1 Å². The van der Waals surface area contributed by atoms with Crippen LogP contribution in [0.25, 0.3) is 6.08 Å². The van der Waals surface area contributed by atoms with Crippen molar-refractivity contribution >= 4 is 12.2 Å². The Bertz CT molecular complexity index is 429. The van der Waals surface area contributed by atoms with E-state index in [4.69, 9.17) is 4.74 Å². The molecule has 6 heteroatoms. The lowest BCUT2D eigenvalue weighted by Crippen LogP contribution is -2.22. The van der Waals surface area contributed by atoms with Crippen molar-refractivity contribution in [3.05, 3.63) is 46.1 Å². The highest BCUT2D eigenvalue weighted by atomic mass is 16.6. The minimum Gasteiger partial charge on any atom is -0.410 e. The molecule has 0 radical (unpaired) electrons. The van der Waals surface area contributed by atoms with Crippen LogP contribution in [0.5, 0.6) is 5.75 Å². The van der Waals surface area contributed by atoms with Gasteiger partial charge in [0.15, 0.2) is 0 Å². The molecule has 0 heterocycles. The van der Waals surface area contributed by atoms with Crippen molar-refractivity contribution in [3.8, 4) is 5.75 Å². The molecule has 1 aromatic carbocycles. The molecule has 0 atom stereocenters. The van der Waals surface area contributed by atoms with Gasteiger partial charge in [-0.1, -0.05) is 18.2 Å². The second-order valence-electron chi connectivity index (χ2n) is 2.78. The maximum atomic E-state index is 11.0. The molecular formula is C10H10N2O4. The molecule has 0 fully saturated rings. The number of carbonyl (C=O) groups excluding carboxylic acids is 1. The number of ether oxygens (including phenoxy) is 1. The topological polar surface area (TPSA) is 81.5 Å². The number of rotatable bonds is 3. The van der Waals surface area contributed by atoms with Crippen LogP contribution >= 0.6 is 0 Å². The number of para-hydroxylation sites is 1. The Balaban J connectivity index is 2.91. The second kappa shape index (κ2) is 5.50. The molecule has 0 aliphatic carbocycles. The summed E-state index contributed by atoms with van der Waals surface area (Å²) in [6.45, 7) is 0. The average Bonchev–Trinajstić information content (AvgIpc) is 2.27. The molecule has 84 valence electrons. The lowest BCUT2D eigenvalue weighted by atomic mass is 10.2. The first-order valence-corrected chi connectivity index (χ1v) is 4.44. The summed E-state index contributed by atoms with van der Waals surface area (Å²) in [7, 11) is 1.43. The molecule has 0 bridgehead atoms. The monoisotopic (exact) mass is 222 g/mol. The number of hydrogen-bond acceptors (Lipinski definition) is 4. The van der Waals surface area contributed by atoms with E-state index in [1.165, 1.54) is 13.1 Å². The van der Waals surface area contributed by atoms with Crippen molar-refractivity contribution in [2.24, 2.45) is 0 Å². The van der Waals surface area contributed by atoms with Crippen LogP contribution in [0.15, 0.2) is 30.5 Å². The summed E-state index contributed by atoms with van der Waals surface area (Å²) in [5, 5.41) is 12.4. The largest absolute Gasteiger partial charge is 0.412 e. The van der Waals surface area contributed by atoms with E-state index in [-0.39, 0.29) is 5.75 Å². The number of benzene rings is 1. The number of nitro groups is 1. The molecule has 1 amide bonds. The summed E-state index contributed by atoms with van der Waals surface area (Å²) in [4.78, 5) is 20.6. The normalized spacial score (nSPS) is 10.1. The van der Waals surface area contributed by atoms with Gasteiger partial charge in [-0.2, -0.15) is 0 Å². The number of hydrogen-bond donors (Lipinski definition) is 1. The standard InChI is InChI=1S/C10H10N2O4/c1-11-10(13)16-9-5-3-2-4-8(9)6-7-12(14)15/h2-7H,1H3,(H,11,13). The van der Waals surface area contributed by atoms with Gasteiger partial charge in [0.05, 0.1) is 4.92 Å². The van der Waals surface area contributed by atoms with Crippen molar-refractivity contribution in [1.82, 2.24) is 5.32 Å². The van der Waals surface area contributed by atoms with Gasteiger partial charge in [0.2, 0.25) is 6.20 Å². The SMILES string of the molecule is CNC(=O)Oc1ccccc1C=C[N+](=O)[O-]. The van der Waals surface area contributed by atoms with Gasteiger partial charge in [0, 0.05) is 18.7 Å². The van der Waals surface area contributed by atoms with Gasteiger partial charge in [-0.15, -0.1) is 0 Å². The Hall–Kier alpha value is -2.37. The molecule has 0 aliphatic rings. The molecule has 16 heavy (non-hydrogen) atoms. The van der Waals surface area contributed by atoms with Gasteiger partial charge in [-0.25, -0.2) is 4.79 Å². The fourth-order valence-corrected chi connectivity index (χ4v) is 1.00. The maximum absolute atomic E-state index is 11.0. The third-order valence-electron chi connectivity index (χ3n) is 1.70. The van der Waals surface area contributed by atoms with Crippen molar-refractivity contribution < 1.29 is 14.5 Å². The smallest absolute Gasteiger partial charge is 0.410 e. The zero-order chi connectivity index (χ0) is 12.0. The number of carbonyl (C=O) groups is 1. The first-order valence-electron chi connectivity index (χ1n) is 4.44. The third-order valence-corrected chi connectivity index (χ3v) is 1.70. The van der Waals surface area contributed by atoms with E-state index in [0.29, 0.717) is 5.56 Å². The summed E-state index contributed by atoms with van der Waals surface area (Å²) in [6, 6.07) is 6.52. The van der Waals surface area contributed by atoms with Crippen molar-refractivity contribution in [2.75, 3.05) is 7.05 Å². The van der Waals surface area contributed by atoms with Crippen LogP contribution in [0, 0.1) is 10.1 Å². The van der Waals surface area contributed by atoms with Crippen LogP contribution < -0.4 is 10.1 Å². The van der Waals surface area contributed by atoms with Gasteiger partial charge in [0.1, 0.15) is 5.75 Å². The molecule has 0 saturated carbocycles. The molecule has 0 aliphatic heterocycles. The Labute approximate surface area is 91.7 Å². The van der Waals surface area contributed by atoms with Gasteiger partial charge in [0.25, 0.3) is 0 Å². The minimum atomic E-state index is -0.623. The molecule has 1 N–H and O–H groups in total. The fourth-order valence-electron chi connectivity index (χ4n) is 1.00. The Morgan fingerprint density at radius 1 is 1.50 bits per heavy atom. The highest BCUT2D eigenvalue weighted by Gasteiger charge is 2.05. The highest BCUT2D eigenvalue weighted by molar-refractivity contribution is 5.72.